The van der Waals surface area contributed by atoms with Crippen molar-refractivity contribution in [2.75, 3.05) is 20.2 Å². The van der Waals surface area contributed by atoms with Gasteiger partial charge in [0.15, 0.2) is 0 Å². The van der Waals surface area contributed by atoms with Crippen molar-refractivity contribution in [3.8, 4) is 5.75 Å². The van der Waals surface area contributed by atoms with Gasteiger partial charge in [0.2, 0.25) is 15.9 Å². The van der Waals surface area contributed by atoms with Crippen molar-refractivity contribution in [1.29, 1.82) is 0 Å². The van der Waals surface area contributed by atoms with E-state index in [0.717, 1.165) is 18.4 Å². The highest BCUT2D eigenvalue weighted by atomic mass is 35.5. The van der Waals surface area contributed by atoms with Crippen molar-refractivity contribution in [3.05, 3.63) is 59.1 Å². The molecule has 6 nitrogen and oxygen atoms in total. The monoisotopic (exact) mass is 450 g/mol. The molecule has 2 aromatic rings. The Labute approximate surface area is 183 Å². The molecule has 1 saturated heterocycles. The van der Waals surface area contributed by atoms with Crippen molar-refractivity contribution in [2.45, 2.75) is 37.1 Å². The maximum Gasteiger partial charge on any atom is 0.241 e. The van der Waals surface area contributed by atoms with Crippen LogP contribution in [0.1, 0.15) is 25.3 Å². The van der Waals surface area contributed by atoms with Gasteiger partial charge in [-0.1, -0.05) is 48.9 Å². The van der Waals surface area contributed by atoms with Gasteiger partial charge in [-0.05, 0) is 48.9 Å². The molecule has 1 heterocycles. The molecule has 0 spiro atoms. The number of piperidine rings is 1. The number of halogens is 1. The molecule has 0 saturated carbocycles. The number of rotatable bonds is 7. The summed E-state index contributed by atoms with van der Waals surface area (Å²) in [5.74, 6) is 0.753. The SMILES string of the molecule is COc1ccc(S(=O)(=O)NC(Cc2ccccc2)C(=O)N2CCC(C)CC2)cc1Cl. The van der Waals surface area contributed by atoms with E-state index < -0.39 is 16.1 Å². The van der Waals surface area contributed by atoms with E-state index in [1.807, 2.05) is 30.3 Å². The van der Waals surface area contributed by atoms with Crippen LogP contribution in [0.3, 0.4) is 0 Å². The van der Waals surface area contributed by atoms with Crippen molar-refractivity contribution >= 4 is 27.5 Å². The number of carbonyl (C=O) groups excluding carboxylic acids is 1. The molecular weight excluding hydrogens is 424 g/mol. The number of hydrogen-bond acceptors (Lipinski definition) is 4. The molecule has 1 aliphatic rings. The van der Waals surface area contributed by atoms with Crippen LogP contribution in [0.2, 0.25) is 5.02 Å². The van der Waals surface area contributed by atoms with E-state index in [4.69, 9.17) is 16.3 Å². The van der Waals surface area contributed by atoms with Crippen LogP contribution >= 0.6 is 11.6 Å². The molecule has 0 aliphatic carbocycles. The molecule has 0 aromatic heterocycles. The topological polar surface area (TPSA) is 75.7 Å². The molecule has 1 unspecified atom stereocenters. The summed E-state index contributed by atoms with van der Waals surface area (Å²) < 4.78 is 33.8. The van der Waals surface area contributed by atoms with Crippen LogP contribution in [-0.4, -0.2) is 45.5 Å². The Morgan fingerprint density at radius 1 is 1.20 bits per heavy atom. The van der Waals surface area contributed by atoms with Crippen LogP contribution in [0.25, 0.3) is 0 Å². The lowest BCUT2D eigenvalue weighted by Crippen LogP contribution is -2.51. The Bertz CT molecular complexity index is 974. The van der Waals surface area contributed by atoms with Gasteiger partial charge >= 0.3 is 0 Å². The van der Waals surface area contributed by atoms with Gasteiger partial charge in [0.05, 0.1) is 17.0 Å². The summed E-state index contributed by atoms with van der Waals surface area (Å²) in [5, 5.41) is 0.191. The van der Waals surface area contributed by atoms with E-state index in [1.165, 1.54) is 25.3 Å². The second-order valence-corrected chi connectivity index (χ2v) is 9.79. The van der Waals surface area contributed by atoms with E-state index in [9.17, 15) is 13.2 Å². The third kappa shape index (κ3) is 5.53. The van der Waals surface area contributed by atoms with Gasteiger partial charge in [-0.3, -0.25) is 4.79 Å². The van der Waals surface area contributed by atoms with Crippen LogP contribution < -0.4 is 9.46 Å². The standard InChI is InChI=1S/C22H27ClN2O4S/c1-16-10-12-25(13-11-16)22(26)20(14-17-6-4-3-5-7-17)24-30(27,28)18-8-9-21(29-2)19(23)15-18/h3-9,15-16,20,24H,10-14H2,1-2H3. The zero-order valence-corrected chi connectivity index (χ0v) is 18.7. The number of likely N-dealkylation sites (tertiary alicyclic amines) is 1. The molecule has 2 aromatic carbocycles. The largest absolute Gasteiger partial charge is 0.495 e. The van der Waals surface area contributed by atoms with Gasteiger partial charge in [-0.15, -0.1) is 0 Å². The zero-order chi connectivity index (χ0) is 21.7. The first-order chi connectivity index (χ1) is 14.3. The van der Waals surface area contributed by atoms with Gasteiger partial charge in [0, 0.05) is 13.1 Å². The summed E-state index contributed by atoms with van der Waals surface area (Å²) in [6.45, 7) is 3.45. The minimum atomic E-state index is -3.96. The van der Waals surface area contributed by atoms with Gasteiger partial charge in [-0.2, -0.15) is 4.72 Å². The Balaban J connectivity index is 1.85. The smallest absolute Gasteiger partial charge is 0.241 e. The number of nitrogens with zero attached hydrogens (tertiary/aromatic N) is 1. The first-order valence-electron chi connectivity index (χ1n) is 9.98. The van der Waals surface area contributed by atoms with Crippen LogP contribution in [0.15, 0.2) is 53.4 Å². The second-order valence-electron chi connectivity index (χ2n) is 7.67. The highest BCUT2D eigenvalue weighted by molar-refractivity contribution is 7.89. The Morgan fingerprint density at radius 3 is 2.47 bits per heavy atom. The second kappa shape index (κ2) is 9.81. The minimum Gasteiger partial charge on any atom is -0.495 e. The van der Waals surface area contributed by atoms with E-state index >= 15 is 0 Å². The number of carbonyl (C=O) groups is 1. The first-order valence-corrected chi connectivity index (χ1v) is 11.8. The summed E-state index contributed by atoms with van der Waals surface area (Å²) in [6.07, 6.45) is 2.12. The lowest BCUT2D eigenvalue weighted by atomic mass is 9.98. The number of benzene rings is 2. The fourth-order valence-corrected chi connectivity index (χ4v) is 5.09. The highest BCUT2D eigenvalue weighted by Gasteiger charge is 2.31. The van der Waals surface area contributed by atoms with E-state index in [-0.39, 0.29) is 22.2 Å². The lowest BCUT2D eigenvalue weighted by molar-refractivity contribution is -0.134. The van der Waals surface area contributed by atoms with Crippen LogP contribution in [0.5, 0.6) is 5.75 Å². The highest BCUT2D eigenvalue weighted by Crippen LogP contribution is 2.27. The minimum absolute atomic E-state index is 0.00794. The number of methoxy groups -OCH3 is 1. The fourth-order valence-electron chi connectivity index (χ4n) is 3.55. The van der Waals surface area contributed by atoms with Crippen LogP contribution in [0.4, 0.5) is 0 Å². The van der Waals surface area contributed by atoms with Crippen molar-refractivity contribution in [3.63, 3.8) is 0 Å². The molecule has 162 valence electrons. The van der Waals surface area contributed by atoms with Gasteiger partial charge in [0.25, 0.3) is 0 Å². The van der Waals surface area contributed by atoms with Crippen LogP contribution in [0, 0.1) is 5.92 Å². The Morgan fingerprint density at radius 2 is 1.87 bits per heavy atom. The summed E-state index contributed by atoms with van der Waals surface area (Å²) in [4.78, 5) is 15.0. The average molecular weight is 451 g/mol. The molecule has 3 rings (SSSR count). The number of hydrogen-bond donors (Lipinski definition) is 1. The van der Waals surface area contributed by atoms with Crippen molar-refractivity contribution in [1.82, 2.24) is 9.62 Å². The maximum atomic E-state index is 13.2. The van der Waals surface area contributed by atoms with E-state index in [1.54, 1.807) is 4.90 Å². The number of sulfonamides is 1. The predicted molar refractivity (Wildman–Crippen MR) is 117 cm³/mol. The summed E-state index contributed by atoms with van der Waals surface area (Å²) in [5.41, 5.74) is 0.886. The normalized spacial score (nSPS) is 16.3. The Kier molecular flexibility index (Phi) is 7.39. The maximum absolute atomic E-state index is 13.2. The molecule has 1 amide bonds. The predicted octanol–water partition coefficient (Wildman–Crippen LogP) is 3.50. The number of nitrogens with one attached hydrogen (secondary N) is 1. The molecule has 1 atom stereocenters. The number of amides is 1. The number of ether oxygens (including phenoxy) is 1. The lowest BCUT2D eigenvalue weighted by Gasteiger charge is -2.33. The van der Waals surface area contributed by atoms with Crippen molar-refractivity contribution < 1.29 is 17.9 Å². The average Bonchev–Trinajstić information content (AvgIpc) is 2.74. The molecule has 0 bridgehead atoms. The molecule has 1 aliphatic heterocycles. The third-order valence-corrected chi connectivity index (χ3v) is 7.17. The molecule has 30 heavy (non-hydrogen) atoms. The fraction of sp³-hybridized carbons (Fsp3) is 0.409. The Hall–Kier alpha value is -2.09. The zero-order valence-electron chi connectivity index (χ0n) is 17.2. The summed E-state index contributed by atoms with van der Waals surface area (Å²) in [7, 11) is -2.50. The quantitative estimate of drug-likeness (QED) is 0.700. The molecule has 1 fully saturated rings. The van der Waals surface area contributed by atoms with Crippen molar-refractivity contribution in [2.24, 2.45) is 5.92 Å². The van der Waals surface area contributed by atoms with Gasteiger partial charge in [-0.25, -0.2) is 8.42 Å². The van der Waals surface area contributed by atoms with E-state index in [2.05, 4.69) is 11.6 Å². The van der Waals surface area contributed by atoms with Gasteiger partial charge in [0.1, 0.15) is 11.8 Å². The molecule has 0 radical (unpaired) electrons. The summed E-state index contributed by atoms with van der Waals surface area (Å²) in [6, 6.07) is 12.7. The van der Waals surface area contributed by atoms with Gasteiger partial charge < -0.3 is 9.64 Å². The molecular formula is C22H27ClN2O4S. The van der Waals surface area contributed by atoms with Crippen LogP contribution in [-0.2, 0) is 21.2 Å². The third-order valence-electron chi connectivity index (χ3n) is 5.41. The molecule has 1 N–H and O–H groups in total. The van der Waals surface area contributed by atoms with E-state index in [0.29, 0.717) is 24.8 Å². The summed E-state index contributed by atoms with van der Waals surface area (Å²) >= 11 is 6.11. The first kappa shape index (κ1) is 22.6. The molecule has 8 heteroatoms.